The maximum Gasteiger partial charge on any atom is 0.225 e. The smallest absolute Gasteiger partial charge is 0.225 e. The first-order chi connectivity index (χ1) is 9.41. The van der Waals surface area contributed by atoms with Gasteiger partial charge in [-0.3, -0.25) is 4.79 Å². The Kier molecular flexibility index (Phi) is 6.38. The van der Waals surface area contributed by atoms with Crippen LogP contribution in [-0.4, -0.2) is 36.0 Å². The number of hydrogen-bond donors (Lipinski definition) is 1. The van der Waals surface area contributed by atoms with Gasteiger partial charge in [-0.05, 0) is 18.6 Å². The molecule has 0 saturated heterocycles. The highest BCUT2D eigenvalue weighted by molar-refractivity contribution is 7.80. The molecule has 0 fully saturated rings. The molecule has 1 amide bonds. The molecule has 0 heterocycles. The Morgan fingerprint density at radius 1 is 1.45 bits per heavy atom. The molecule has 0 aliphatic heterocycles. The van der Waals surface area contributed by atoms with Crippen molar-refractivity contribution in [3.05, 3.63) is 29.6 Å². The second-order valence-corrected chi connectivity index (χ2v) is 5.04. The van der Waals surface area contributed by atoms with Crippen LogP contribution in [0.25, 0.3) is 0 Å². The molecule has 0 bridgehead atoms. The van der Waals surface area contributed by atoms with Crippen LogP contribution in [0.5, 0.6) is 5.75 Å². The van der Waals surface area contributed by atoms with E-state index in [1.54, 1.807) is 32.2 Å². The molecule has 0 unspecified atom stereocenters. The summed E-state index contributed by atoms with van der Waals surface area (Å²) in [6.07, 6.45) is 0.673. The summed E-state index contributed by atoms with van der Waals surface area (Å²) in [4.78, 5) is 13.7. The fraction of sp³-hybridized carbons (Fsp3) is 0.429. The first-order valence-electron chi connectivity index (χ1n) is 6.32. The van der Waals surface area contributed by atoms with Crippen molar-refractivity contribution in [3.8, 4) is 5.75 Å². The van der Waals surface area contributed by atoms with E-state index in [-0.39, 0.29) is 30.5 Å². The van der Waals surface area contributed by atoms with Gasteiger partial charge in [-0.1, -0.05) is 24.4 Å². The number of benzene rings is 1. The van der Waals surface area contributed by atoms with Crippen molar-refractivity contribution in [2.24, 2.45) is 5.73 Å². The third-order valence-corrected chi connectivity index (χ3v) is 3.05. The van der Waals surface area contributed by atoms with Crippen molar-refractivity contribution in [3.63, 3.8) is 0 Å². The monoisotopic (exact) mass is 298 g/mol. The highest BCUT2D eigenvalue weighted by Crippen LogP contribution is 2.19. The van der Waals surface area contributed by atoms with Crippen LogP contribution in [0.4, 0.5) is 4.39 Å². The summed E-state index contributed by atoms with van der Waals surface area (Å²) in [6.45, 7) is 2.28. The Morgan fingerprint density at radius 2 is 2.15 bits per heavy atom. The maximum atomic E-state index is 13.6. The lowest BCUT2D eigenvalue weighted by Crippen LogP contribution is -2.30. The molecular weight excluding hydrogens is 279 g/mol. The van der Waals surface area contributed by atoms with Gasteiger partial charge in [0.15, 0.2) is 11.6 Å². The summed E-state index contributed by atoms with van der Waals surface area (Å²) in [6, 6.07) is 4.92. The number of thiocarbonyl (C=S) groups is 1. The molecule has 110 valence electrons. The lowest BCUT2D eigenvalue weighted by Gasteiger charge is -2.17. The fourth-order valence-electron chi connectivity index (χ4n) is 1.57. The van der Waals surface area contributed by atoms with Crippen molar-refractivity contribution in [1.82, 2.24) is 4.90 Å². The van der Waals surface area contributed by atoms with Crippen LogP contribution in [0.1, 0.15) is 18.4 Å². The van der Waals surface area contributed by atoms with Gasteiger partial charge in [0.2, 0.25) is 5.91 Å². The minimum Gasteiger partial charge on any atom is -0.490 e. The summed E-state index contributed by atoms with van der Waals surface area (Å²) in [5.41, 5.74) is 5.89. The number of rotatable bonds is 7. The SMILES string of the molecule is Cc1cccc(OCCC(=O)N(C)CCC(N)=S)c1F. The average molecular weight is 298 g/mol. The van der Waals surface area contributed by atoms with Gasteiger partial charge < -0.3 is 15.4 Å². The number of ether oxygens (including phenoxy) is 1. The number of nitrogens with two attached hydrogens (primary N) is 1. The number of aryl methyl sites for hydroxylation is 1. The second kappa shape index (κ2) is 7.79. The maximum absolute atomic E-state index is 13.6. The number of carbonyl (C=O) groups is 1. The van der Waals surface area contributed by atoms with Gasteiger partial charge in [-0.2, -0.15) is 0 Å². The quantitative estimate of drug-likeness (QED) is 0.783. The molecule has 1 aromatic carbocycles. The molecule has 1 aromatic rings. The summed E-state index contributed by atoms with van der Waals surface area (Å²) in [7, 11) is 1.67. The first kappa shape index (κ1) is 16.4. The highest BCUT2D eigenvalue weighted by atomic mass is 32.1. The van der Waals surface area contributed by atoms with Crippen molar-refractivity contribution < 1.29 is 13.9 Å². The average Bonchev–Trinajstić information content (AvgIpc) is 2.40. The molecule has 4 nitrogen and oxygen atoms in total. The molecular formula is C14H19FN2O2S. The number of hydrogen-bond acceptors (Lipinski definition) is 3. The van der Waals surface area contributed by atoms with Crippen LogP contribution >= 0.6 is 12.2 Å². The van der Waals surface area contributed by atoms with E-state index in [0.717, 1.165) is 0 Å². The Morgan fingerprint density at radius 3 is 2.80 bits per heavy atom. The topological polar surface area (TPSA) is 55.6 Å². The zero-order valence-corrected chi connectivity index (χ0v) is 12.5. The highest BCUT2D eigenvalue weighted by Gasteiger charge is 2.10. The van der Waals surface area contributed by atoms with Gasteiger partial charge in [0.1, 0.15) is 0 Å². The van der Waals surface area contributed by atoms with Crippen molar-refractivity contribution in [2.75, 3.05) is 20.2 Å². The molecule has 0 saturated carbocycles. The van der Waals surface area contributed by atoms with Crippen LogP contribution in [-0.2, 0) is 4.79 Å². The number of nitrogens with zero attached hydrogens (tertiary/aromatic N) is 1. The molecule has 6 heteroatoms. The van der Waals surface area contributed by atoms with E-state index in [4.69, 9.17) is 22.7 Å². The Hall–Kier alpha value is -1.69. The molecule has 20 heavy (non-hydrogen) atoms. The zero-order valence-electron chi connectivity index (χ0n) is 11.7. The number of amides is 1. The van der Waals surface area contributed by atoms with Gasteiger partial charge in [-0.15, -0.1) is 0 Å². The normalized spacial score (nSPS) is 10.2. The largest absolute Gasteiger partial charge is 0.490 e. The van der Waals surface area contributed by atoms with E-state index >= 15 is 0 Å². The lowest BCUT2D eigenvalue weighted by molar-refractivity contribution is -0.130. The molecule has 0 radical (unpaired) electrons. The molecule has 0 aliphatic carbocycles. The van der Waals surface area contributed by atoms with E-state index in [1.165, 1.54) is 4.90 Å². The summed E-state index contributed by atoms with van der Waals surface area (Å²) >= 11 is 4.75. The Balaban J connectivity index is 2.38. The van der Waals surface area contributed by atoms with E-state index in [0.29, 0.717) is 23.5 Å². The van der Waals surface area contributed by atoms with Crippen molar-refractivity contribution in [1.29, 1.82) is 0 Å². The van der Waals surface area contributed by atoms with Gasteiger partial charge >= 0.3 is 0 Å². The summed E-state index contributed by atoms with van der Waals surface area (Å²) in [5, 5.41) is 0. The van der Waals surface area contributed by atoms with E-state index < -0.39 is 0 Å². The summed E-state index contributed by atoms with van der Waals surface area (Å²) in [5.74, 6) is -0.306. The molecule has 0 spiro atoms. The zero-order chi connectivity index (χ0) is 15.1. The van der Waals surface area contributed by atoms with Crippen LogP contribution in [0.3, 0.4) is 0 Å². The van der Waals surface area contributed by atoms with Crippen LogP contribution in [0, 0.1) is 12.7 Å². The predicted octanol–water partition coefficient (Wildman–Crippen LogP) is 2.04. The molecule has 2 N–H and O–H groups in total. The minimum atomic E-state index is -0.387. The van der Waals surface area contributed by atoms with E-state index in [1.807, 2.05) is 0 Å². The molecule has 1 rings (SSSR count). The van der Waals surface area contributed by atoms with Gasteiger partial charge in [-0.25, -0.2) is 4.39 Å². The van der Waals surface area contributed by atoms with Crippen molar-refractivity contribution >= 4 is 23.1 Å². The lowest BCUT2D eigenvalue weighted by atomic mass is 10.2. The van der Waals surface area contributed by atoms with Crippen LogP contribution < -0.4 is 10.5 Å². The van der Waals surface area contributed by atoms with Gasteiger partial charge in [0, 0.05) is 20.0 Å². The van der Waals surface area contributed by atoms with E-state index in [2.05, 4.69) is 0 Å². The Labute approximate surface area is 123 Å². The predicted molar refractivity (Wildman–Crippen MR) is 80.3 cm³/mol. The third-order valence-electron chi connectivity index (χ3n) is 2.85. The van der Waals surface area contributed by atoms with E-state index in [9.17, 15) is 9.18 Å². The Bertz CT molecular complexity index is 494. The third kappa shape index (κ3) is 5.13. The number of carbonyl (C=O) groups excluding carboxylic acids is 1. The molecule has 0 atom stereocenters. The van der Waals surface area contributed by atoms with Crippen LogP contribution in [0.15, 0.2) is 18.2 Å². The molecule has 0 aliphatic rings. The van der Waals surface area contributed by atoms with Gasteiger partial charge in [0.25, 0.3) is 0 Å². The van der Waals surface area contributed by atoms with Gasteiger partial charge in [0.05, 0.1) is 18.0 Å². The standard InChI is InChI=1S/C14H19FN2O2S/c1-10-4-3-5-11(14(10)15)19-9-7-13(18)17(2)8-6-12(16)20/h3-5H,6-9H2,1-2H3,(H2,16,20). The van der Waals surface area contributed by atoms with Crippen LogP contribution in [0.2, 0.25) is 0 Å². The first-order valence-corrected chi connectivity index (χ1v) is 6.73. The van der Waals surface area contributed by atoms with Crippen molar-refractivity contribution in [2.45, 2.75) is 19.8 Å². The molecule has 0 aromatic heterocycles. The second-order valence-electron chi connectivity index (χ2n) is 4.52. The minimum absolute atomic E-state index is 0.0886. The fourth-order valence-corrected chi connectivity index (χ4v) is 1.67. The summed E-state index contributed by atoms with van der Waals surface area (Å²) < 4.78 is 18.9. The number of halogens is 1.